The number of nitrogens with one attached hydrogen (secondary N) is 1. The number of carbonyl (C=O) groups is 1. The van der Waals surface area contributed by atoms with Gasteiger partial charge in [-0.15, -0.1) is 0 Å². The highest BCUT2D eigenvalue weighted by Crippen LogP contribution is 2.24. The van der Waals surface area contributed by atoms with Gasteiger partial charge in [-0.3, -0.25) is 9.20 Å². The number of aliphatic hydroxyl groups is 1. The minimum absolute atomic E-state index is 0. The molecule has 3 rings (SSSR count). The van der Waals surface area contributed by atoms with Gasteiger partial charge in [0.25, 0.3) is 5.91 Å². The summed E-state index contributed by atoms with van der Waals surface area (Å²) in [7, 11) is 0. The number of aliphatic hydroxyl groups excluding tert-OH is 1. The average molecular weight is 421 g/mol. The van der Waals surface area contributed by atoms with Crippen LogP contribution in [0.2, 0.25) is 0 Å². The van der Waals surface area contributed by atoms with Crippen molar-refractivity contribution in [2.45, 2.75) is 21.0 Å². The smallest absolute Gasteiger partial charge is 0.270 e. The summed E-state index contributed by atoms with van der Waals surface area (Å²) < 4.78 is 39.9. The Morgan fingerprint density at radius 1 is 1.20 bits per heavy atom. The maximum atomic E-state index is 13.8. The number of carbonyl (C=O) groups excluding carboxylic acids is 1. The van der Waals surface area contributed by atoms with E-state index in [4.69, 9.17) is 14.6 Å². The predicted molar refractivity (Wildman–Crippen MR) is 108 cm³/mol. The van der Waals surface area contributed by atoms with Gasteiger partial charge in [-0.25, -0.2) is 13.8 Å². The molecule has 1 aromatic carbocycles. The number of benzene rings is 1. The molecule has 7 nitrogen and oxygen atoms in total. The quantitative estimate of drug-likeness (QED) is 0.519. The maximum Gasteiger partial charge on any atom is 0.270 e. The summed E-state index contributed by atoms with van der Waals surface area (Å²) in [6, 6.07) is 6.88. The number of imidazole rings is 1. The monoisotopic (exact) mass is 421 g/mol. The molecule has 162 valence electrons. The number of aryl methyl sites for hydroxylation is 1. The lowest BCUT2D eigenvalue weighted by Gasteiger charge is -2.10. The minimum Gasteiger partial charge on any atom is -0.485 e. The van der Waals surface area contributed by atoms with Gasteiger partial charge in [0.2, 0.25) is 0 Å². The lowest BCUT2D eigenvalue weighted by atomic mass is 10.2. The van der Waals surface area contributed by atoms with Gasteiger partial charge in [-0.2, -0.15) is 0 Å². The van der Waals surface area contributed by atoms with Gasteiger partial charge >= 0.3 is 0 Å². The summed E-state index contributed by atoms with van der Waals surface area (Å²) >= 11 is 0. The van der Waals surface area contributed by atoms with E-state index in [0.717, 1.165) is 12.1 Å². The van der Waals surface area contributed by atoms with Crippen LogP contribution in [0.3, 0.4) is 0 Å². The first-order chi connectivity index (χ1) is 14.0. The summed E-state index contributed by atoms with van der Waals surface area (Å²) in [5.74, 6) is -1.44. The Labute approximate surface area is 173 Å². The van der Waals surface area contributed by atoms with Gasteiger partial charge < -0.3 is 19.9 Å². The second-order valence-electron chi connectivity index (χ2n) is 6.19. The Bertz CT molecular complexity index is 987. The van der Waals surface area contributed by atoms with Crippen LogP contribution in [-0.2, 0) is 11.3 Å². The molecule has 3 aromatic rings. The van der Waals surface area contributed by atoms with Crippen LogP contribution in [-0.4, -0.2) is 46.8 Å². The molecule has 0 bridgehead atoms. The number of hydrogen-bond donors (Lipinski definition) is 2. The van der Waals surface area contributed by atoms with Crippen LogP contribution < -0.4 is 10.1 Å². The number of rotatable bonds is 9. The second-order valence-corrected chi connectivity index (χ2v) is 6.19. The van der Waals surface area contributed by atoms with E-state index in [9.17, 15) is 13.6 Å². The highest BCUT2D eigenvalue weighted by Gasteiger charge is 2.19. The average Bonchev–Trinajstić information content (AvgIpc) is 3.04. The van der Waals surface area contributed by atoms with Crippen molar-refractivity contribution in [1.82, 2.24) is 14.7 Å². The van der Waals surface area contributed by atoms with Gasteiger partial charge in [-0.1, -0.05) is 13.5 Å². The highest BCUT2D eigenvalue weighted by molar-refractivity contribution is 5.94. The molecule has 9 heteroatoms. The number of halogens is 2. The van der Waals surface area contributed by atoms with Gasteiger partial charge in [0.15, 0.2) is 11.4 Å². The molecular weight excluding hydrogens is 396 g/mol. The highest BCUT2D eigenvalue weighted by atomic mass is 19.1. The van der Waals surface area contributed by atoms with Crippen molar-refractivity contribution in [2.75, 3.05) is 26.4 Å². The Morgan fingerprint density at radius 3 is 2.63 bits per heavy atom. The van der Waals surface area contributed by atoms with Crippen molar-refractivity contribution in [3.63, 3.8) is 0 Å². The van der Waals surface area contributed by atoms with Gasteiger partial charge in [0.05, 0.1) is 31.1 Å². The first kappa shape index (κ1) is 23.2. The summed E-state index contributed by atoms with van der Waals surface area (Å²) in [4.78, 5) is 16.9. The molecule has 0 fully saturated rings. The van der Waals surface area contributed by atoms with Crippen LogP contribution in [0.4, 0.5) is 8.78 Å². The van der Waals surface area contributed by atoms with Crippen molar-refractivity contribution in [3.8, 4) is 5.75 Å². The second kappa shape index (κ2) is 10.7. The zero-order chi connectivity index (χ0) is 20.8. The first-order valence-electron chi connectivity index (χ1n) is 9.03. The number of ether oxygens (including phenoxy) is 2. The van der Waals surface area contributed by atoms with Gasteiger partial charge in [0.1, 0.15) is 23.9 Å². The Hall–Kier alpha value is -3.04. The number of hydrogen-bond acceptors (Lipinski definition) is 5. The van der Waals surface area contributed by atoms with Crippen LogP contribution in [0, 0.1) is 18.6 Å². The molecule has 0 saturated heterocycles. The van der Waals surface area contributed by atoms with E-state index < -0.39 is 11.6 Å². The van der Waals surface area contributed by atoms with Crippen LogP contribution in [0.15, 0.2) is 36.5 Å². The van der Waals surface area contributed by atoms with E-state index in [1.165, 1.54) is 6.07 Å². The van der Waals surface area contributed by atoms with Crippen molar-refractivity contribution in [1.29, 1.82) is 0 Å². The van der Waals surface area contributed by atoms with Crippen molar-refractivity contribution >= 4 is 11.6 Å². The molecular formula is C21H25F2N3O4. The molecule has 0 aliphatic heterocycles. The normalized spacial score (nSPS) is 10.7. The number of nitrogens with zero attached hydrogens (tertiary/aromatic N) is 2. The Balaban J connectivity index is 0.00000320. The largest absolute Gasteiger partial charge is 0.485 e. The molecule has 1 amide bonds. The van der Waals surface area contributed by atoms with Crippen LogP contribution in [0.1, 0.15) is 29.2 Å². The molecule has 0 spiro atoms. The minimum atomic E-state index is -0.694. The number of amides is 1. The van der Waals surface area contributed by atoms with Crippen LogP contribution in [0.25, 0.3) is 5.65 Å². The van der Waals surface area contributed by atoms with Crippen molar-refractivity contribution < 1.29 is 28.2 Å². The Kier molecular flexibility index (Phi) is 8.25. The molecule has 30 heavy (non-hydrogen) atoms. The SMILES string of the molecule is C.Cc1nc2c(OCc3c(F)cccc3F)cccn2c1C(=O)NCCOCCO. The van der Waals surface area contributed by atoms with E-state index in [2.05, 4.69) is 10.3 Å². The Morgan fingerprint density at radius 2 is 1.93 bits per heavy atom. The standard InChI is InChI=1S/C20H21F2N3O4.CH4/c1-13-18(20(27)23-7-10-28-11-9-26)25-8-3-6-17(19(25)24-13)29-12-14-15(21)4-2-5-16(14)22;/h2-6,8,26H,7,9-12H2,1H3,(H,23,27);1H4. The molecule has 0 atom stereocenters. The zero-order valence-corrected chi connectivity index (χ0v) is 15.8. The molecule has 2 aromatic heterocycles. The van der Waals surface area contributed by atoms with E-state index >= 15 is 0 Å². The molecule has 2 N–H and O–H groups in total. The fraction of sp³-hybridized carbons (Fsp3) is 0.333. The third kappa shape index (κ3) is 5.11. The summed E-state index contributed by atoms with van der Waals surface area (Å²) in [6.07, 6.45) is 1.66. The van der Waals surface area contributed by atoms with Gasteiger partial charge in [-0.05, 0) is 31.2 Å². The third-order valence-corrected chi connectivity index (χ3v) is 4.20. The number of aromatic nitrogens is 2. The molecule has 0 radical (unpaired) electrons. The first-order valence-corrected chi connectivity index (χ1v) is 9.03. The summed E-state index contributed by atoms with van der Waals surface area (Å²) in [5, 5.41) is 11.4. The molecule has 0 aliphatic carbocycles. The zero-order valence-electron chi connectivity index (χ0n) is 15.8. The van der Waals surface area contributed by atoms with Gasteiger partial charge in [0, 0.05) is 12.7 Å². The van der Waals surface area contributed by atoms with E-state index in [1.807, 2.05) is 0 Å². The third-order valence-electron chi connectivity index (χ3n) is 4.20. The molecule has 0 unspecified atom stereocenters. The maximum absolute atomic E-state index is 13.8. The molecule has 0 aliphatic rings. The lowest BCUT2D eigenvalue weighted by molar-refractivity contribution is 0.0834. The van der Waals surface area contributed by atoms with Crippen LogP contribution >= 0.6 is 0 Å². The predicted octanol–water partition coefficient (Wildman–Crippen LogP) is 2.87. The van der Waals surface area contributed by atoms with Crippen molar-refractivity contribution in [3.05, 3.63) is 65.1 Å². The molecule has 0 saturated carbocycles. The topological polar surface area (TPSA) is 85.1 Å². The number of fused-ring (bicyclic) bond motifs is 1. The van der Waals surface area contributed by atoms with E-state index in [0.29, 0.717) is 22.8 Å². The fourth-order valence-corrected chi connectivity index (χ4v) is 2.85. The van der Waals surface area contributed by atoms with Crippen LogP contribution in [0.5, 0.6) is 5.75 Å². The van der Waals surface area contributed by atoms with E-state index in [-0.39, 0.29) is 51.9 Å². The number of pyridine rings is 1. The lowest BCUT2D eigenvalue weighted by Crippen LogP contribution is -2.29. The van der Waals surface area contributed by atoms with E-state index in [1.54, 1.807) is 29.7 Å². The van der Waals surface area contributed by atoms with Crippen molar-refractivity contribution in [2.24, 2.45) is 0 Å². The fourth-order valence-electron chi connectivity index (χ4n) is 2.85. The summed E-state index contributed by atoms with van der Waals surface area (Å²) in [6.45, 7) is 2.03. The molecule has 2 heterocycles. The summed E-state index contributed by atoms with van der Waals surface area (Å²) in [5.41, 5.74) is 0.985.